The van der Waals surface area contributed by atoms with Gasteiger partial charge in [-0.1, -0.05) is 53.2 Å². The molecule has 5 nitrogen and oxygen atoms in total. The highest BCUT2D eigenvalue weighted by molar-refractivity contribution is 7.99. The maximum atomic E-state index is 12.4. The number of anilines is 1. The fourth-order valence-electron chi connectivity index (χ4n) is 2.90. The summed E-state index contributed by atoms with van der Waals surface area (Å²) in [5.41, 5.74) is 3.53. The van der Waals surface area contributed by atoms with E-state index < -0.39 is 0 Å². The Morgan fingerprint density at radius 1 is 1.18 bits per heavy atom. The van der Waals surface area contributed by atoms with Crippen LogP contribution in [0, 0.1) is 13.8 Å². The largest absolute Gasteiger partial charge is 0.324 e. The standard InChI is InChI=1S/C20H20Cl2N4OS/c1-4-26-19(14-6-5-7-15(21)10-14)24-25-20(26)28-11-17(27)23-18-13(3)8-12(2)9-16(18)22/h5-10H,4,11H2,1-3H3,(H,23,27). The number of benzene rings is 2. The minimum atomic E-state index is -0.145. The summed E-state index contributed by atoms with van der Waals surface area (Å²) in [7, 11) is 0. The minimum Gasteiger partial charge on any atom is -0.324 e. The first kappa shape index (κ1) is 20.7. The number of amides is 1. The maximum absolute atomic E-state index is 12.4. The third-order valence-electron chi connectivity index (χ3n) is 4.14. The van der Waals surface area contributed by atoms with Crippen LogP contribution in [-0.2, 0) is 11.3 Å². The average molecular weight is 435 g/mol. The third kappa shape index (κ3) is 4.69. The van der Waals surface area contributed by atoms with Crippen molar-refractivity contribution in [1.82, 2.24) is 14.8 Å². The first-order valence-corrected chi connectivity index (χ1v) is 10.5. The Hall–Kier alpha value is -2.02. The molecule has 0 spiro atoms. The summed E-state index contributed by atoms with van der Waals surface area (Å²) in [5, 5.41) is 13.3. The number of aryl methyl sites for hydroxylation is 2. The van der Waals surface area contributed by atoms with Gasteiger partial charge in [-0.25, -0.2) is 0 Å². The normalized spacial score (nSPS) is 10.9. The number of carbonyl (C=O) groups is 1. The molecule has 0 aliphatic heterocycles. The Morgan fingerprint density at radius 3 is 2.64 bits per heavy atom. The van der Waals surface area contributed by atoms with Gasteiger partial charge in [0.1, 0.15) is 0 Å². The quantitative estimate of drug-likeness (QED) is 0.511. The molecule has 0 aliphatic rings. The second-order valence-corrected chi connectivity index (χ2v) is 8.12. The fraction of sp³-hybridized carbons (Fsp3) is 0.250. The maximum Gasteiger partial charge on any atom is 0.234 e. The minimum absolute atomic E-state index is 0.145. The second kappa shape index (κ2) is 8.99. The zero-order valence-electron chi connectivity index (χ0n) is 15.8. The molecule has 8 heteroatoms. The molecule has 146 valence electrons. The van der Waals surface area contributed by atoms with Crippen LogP contribution in [0.2, 0.25) is 10.0 Å². The summed E-state index contributed by atoms with van der Waals surface area (Å²) < 4.78 is 1.97. The third-order valence-corrected chi connectivity index (χ3v) is 5.64. The number of aromatic nitrogens is 3. The number of rotatable bonds is 6. The van der Waals surface area contributed by atoms with Crippen LogP contribution in [0.15, 0.2) is 41.6 Å². The first-order valence-electron chi connectivity index (χ1n) is 8.77. The Labute approximate surface area is 178 Å². The van der Waals surface area contributed by atoms with Crippen molar-refractivity contribution < 1.29 is 4.79 Å². The molecule has 1 amide bonds. The predicted octanol–water partition coefficient (Wildman–Crippen LogP) is 5.62. The van der Waals surface area contributed by atoms with Gasteiger partial charge >= 0.3 is 0 Å². The van der Waals surface area contributed by atoms with Gasteiger partial charge in [-0.2, -0.15) is 0 Å². The summed E-state index contributed by atoms with van der Waals surface area (Å²) in [6.07, 6.45) is 0. The molecule has 1 heterocycles. The van der Waals surface area contributed by atoms with Gasteiger partial charge in [-0.15, -0.1) is 10.2 Å². The lowest BCUT2D eigenvalue weighted by molar-refractivity contribution is -0.113. The van der Waals surface area contributed by atoms with Crippen LogP contribution >= 0.6 is 35.0 Å². The van der Waals surface area contributed by atoms with Gasteiger partial charge in [0.05, 0.1) is 16.5 Å². The molecule has 1 aromatic heterocycles. The summed E-state index contributed by atoms with van der Waals surface area (Å²) in [6, 6.07) is 11.3. The lowest BCUT2D eigenvalue weighted by atomic mass is 10.1. The van der Waals surface area contributed by atoms with Crippen molar-refractivity contribution in [2.45, 2.75) is 32.5 Å². The Balaban J connectivity index is 1.72. The molecule has 0 saturated heterocycles. The number of thioether (sulfide) groups is 1. The molecule has 0 aliphatic carbocycles. The van der Waals surface area contributed by atoms with E-state index in [2.05, 4.69) is 15.5 Å². The number of hydrogen-bond acceptors (Lipinski definition) is 4. The van der Waals surface area contributed by atoms with Crippen LogP contribution in [0.3, 0.4) is 0 Å². The molecule has 0 radical (unpaired) electrons. The van der Waals surface area contributed by atoms with Crippen LogP contribution in [0.5, 0.6) is 0 Å². The van der Waals surface area contributed by atoms with E-state index in [1.807, 2.05) is 61.7 Å². The van der Waals surface area contributed by atoms with Gasteiger partial charge in [0.15, 0.2) is 11.0 Å². The topological polar surface area (TPSA) is 59.8 Å². The Bertz CT molecular complexity index is 996. The predicted molar refractivity (Wildman–Crippen MR) is 116 cm³/mol. The van der Waals surface area contributed by atoms with E-state index in [1.165, 1.54) is 11.8 Å². The summed E-state index contributed by atoms with van der Waals surface area (Å²) >= 11 is 13.7. The summed E-state index contributed by atoms with van der Waals surface area (Å²) in [5.74, 6) is 0.788. The lowest BCUT2D eigenvalue weighted by Crippen LogP contribution is -2.16. The molecule has 3 aromatic rings. The van der Waals surface area contributed by atoms with Crippen LogP contribution in [0.1, 0.15) is 18.1 Å². The molecule has 0 fully saturated rings. The molecule has 0 saturated carbocycles. The Kier molecular flexibility index (Phi) is 6.65. The van der Waals surface area contributed by atoms with E-state index in [-0.39, 0.29) is 11.7 Å². The van der Waals surface area contributed by atoms with Crippen molar-refractivity contribution in [2.24, 2.45) is 0 Å². The van der Waals surface area contributed by atoms with Crippen molar-refractivity contribution in [2.75, 3.05) is 11.1 Å². The van der Waals surface area contributed by atoms with Crippen LogP contribution < -0.4 is 5.32 Å². The molecule has 0 unspecified atom stereocenters. The average Bonchev–Trinajstić information content (AvgIpc) is 3.06. The van der Waals surface area contributed by atoms with Crippen molar-refractivity contribution in [3.63, 3.8) is 0 Å². The van der Waals surface area contributed by atoms with E-state index in [9.17, 15) is 4.79 Å². The van der Waals surface area contributed by atoms with E-state index in [1.54, 1.807) is 0 Å². The zero-order chi connectivity index (χ0) is 20.3. The number of nitrogens with zero attached hydrogens (tertiary/aromatic N) is 3. The molecule has 1 N–H and O–H groups in total. The fourth-order valence-corrected chi connectivity index (χ4v) is 4.26. The van der Waals surface area contributed by atoms with E-state index >= 15 is 0 Å². The van der Waals surface area contributed by atoms with Crippen molar-refractivity contribution in [3.05, 3.63) is 57.6 Å². The zero-order valence-corrected chi connectivity index (χ0v) is 18.1. The Morgan fingerprint density at radius 2 is 1.96 bits per heavy atom. The molecule has 0 bridgehead atoms. The number of carbonyl (C=O) groups excluding carboxylic acids is 1. The number of nitrogens with one attached hydrogen (secondary N) is 1. The molecular weight excluding hydrogens is 415 g/mol. The highest BCUT2D eigenvalue weighted by Crippen LogP contribution is 2.29. The monoisotopic (exact) mass is 434 g/mol. The molecular formula is C20H20Cl2N4OS. The van der Waals surface area contributed by atoms with Crippen molar-refractivity contribution >= 4 is 46.6 Å². The van der Waals surface area contributed by atoms with Gasteiger partial charge < -0.3 is 9.88 Å². The van der Waals surface area contributed by atoms with E-state index in [0.717, 1.165) is 22.5 Å². The SMILES string of the molecule is CCn1c(SCC(=O)Nc2c(C)cc(C)cc2Cl)nnc1-c1cccc(Cl)c1. The number of hydrogen-bond donors (Lipinski definition) is 1. The van der Waals surface area contributed by atoms with E-state index in [4.69, 9.17) is 23.2 Å². The van der Waals surface area contributed by atoms with Gasteiger partial charge in [0.25, 0.3) is 0 Å². The van der Waals surface area contributed by atoms with Gasteiger partial charge in [0.2, 0.25) is 5.91 Å². The van der Waals surface area contributed by atoms with Crippen LogP contribution in [-0.4, -0.2) is 26.4 Å². The van der Waals surface area contributed by atoms with Crippen LogP contribution in [0.25, 0.3) is 11.4 Å². The second-order valence-electron chi connectivity index (χ2n) is 6.34. The molecule has 28 heavy (non-hydrogen) atoms. The van der Waals surface area contributed by atoms with E-state index in [0.29, 0.717) is 27.4 Å². The highest BCUT2D eigenvalue weighted by Gasteiger charge is 2.16. The smallest absolute Gasteiger partial charge is 0.234 e. The van der Waals surface area contributed by atoms with Gasteiger partial charge in [-0.3, -0.25) is 4.79 Å². The van der Waals surface area contributed by atoms with Crippen molar-refractivity contribution in [1.29, 1.82) is 0 Å². The molecule has 3 rings (SSSR count). The van der Waals surface area contributed by atoms with Gasteiger partial charge in [-0.05, 0) is 50.1 Å². The lowest BCUT2D eigenvalue weighted by Gasteiger charge is -2.11. The number of halogens is 2. The van der Waals surface area contributed by atoms with Gasteiger partial charge in [0, 0.05) is 17.1 Å². The van der Waals surface area contributed by atoms with Crippen LogP contribution in [0.4, 0.5) is 5.69 Å². The molecule has 0 atom stereocenters. The molecule has 2 aromatic carbocycles. The first-order chi connectivity index (χ1) is 13.4. The summed E-state index contributed by atoms with van der Waals surface area (Å²) in [6.45, 7) is 6.58. The van der Waals surface area contributed by atoms with Crippen molar-refractivity contribution in [3.8, 4) is 11.4 Å². The highest BCUT2D eigenvalue weighted by atomic mass is 35.5. The summed E-state index contributed by atoms with van der Waals surface area (Å²) in [4.78, 5) is 12.4.